The van der Waals surface area contributed by atoms with Crippen molar-refractivity contribution in [2.24, 2.45) is 0 Å². The fourth-order valence-corrected chi connectivity index (χ4v) is 0.642. The minimum Gasteiger partial charge on any atom is -0.390 e. The van der Waals surface area contributed by atoms with Crippen molar-refractivity contribution >= 4 is 6.29 Å². The minimum atomic E-state index is -2.14. The van der Waals surface area contributed by atoms with Crippen molar-refractivity contribution in [1.29, 1.82) is 0 Å². The highest BCUT2D eigenvalue weighted by Crippen LogP contribution is 2.05. The second kappa shape index (κ2) is 5.18. The maximum Gasteiger partial charge on any atom is 0.180 e. The van der Waals surface area contributed by atoms with Crippen LogP contribution in [0.4, 0.5) is 0 Å². The van der Waals surface area contributed by atoms with E-state index in [0.29, 0.717) is 6.29 Å². The highest BCUT2D eigenvalue weighted by molar-refractivity contribution is 5.50. The summed E-state index contributed by atoms with van der Waals surface area (Å²) >= 11 is 0. The molecule has 0 radical (unpaired) electrons. The molecule has 6 nitrogen and oxygen atoms in total. The zero-order chi connectivity index (χ0) is 9.72. The quantitative estimate of drug-likeness (QED) is 0.227. The number of aldehydes is 1. The van der Waals surface area contributed by atoms with Crippen LogP contribution < -0.4 is 0 Å². The van der Waals surface area contributed by atoms with Crippen LogP contribution in [0.1, 0.15) is 6.42 Å². The monoisotopic (exact) mass is 180 g/mol. The molecule has 0 fully saturated rings. The molecular weight excluding hydrogens is 168 g/mol. The molecule has 0 saturated heterocycles. The zero-order valence-electron chi connectivity index (χ0n) is 6.24. The van der Waals surface area contributed by atoms with Gasteiger partial charge in [0.1, 0.15) is 18.5 Å². The number of aliphatic hydroxyl groups excluding tert-OH is 4. The van der Waals surface area contributed by atoms with E-state index in [1.165, 1.54) is 0 Å². The van der Waals surface area contributed by atoms with Crippen LogP contribution in [0, 0.1) is 0 Å². The molecule has 0 amide bonds. The van der Waals surface area contributed by atoms with Crippen LogP contribution in [0.2, 0.25) is 0 Å². The summed E-state index contributed by atoms with van der Waals surface area (Å²) in [6.07, 6.45) is -7.26. The standard InChI is InChI=1S/C6H12O6/c7-2-1-3(8)4(9)5(10)6(11)12/h2-6,8-12H,1H2. The van der Waals surface area contributed by atoms with Gasteiger partial charge < -0.3 is 30.3 Å². The summed E-state index contributed by atoms with van der Waals surface area (Å²) in [5, 5.41) is 43.3. The summed E-state index contributed by atoms with van der Waals surface area (Å²) in [6.45, 7) is 0. The third-order valence-corrected chi connectivity index (χ3v) is 1.39. The van der Waals surface area contributed by atoms with Crippen LogP contribution in [0.5, 0.6) is 0 Å². The van der Waals surface area contributed by atoms with Crippen molar-refractivity contribution in [3.63, 3.8) is 0 Å². The first kappa shape index (κ1) is 11.5. The average Bonchev–Trinajstić information content (AvgIpc) is 2.02. The zero-order valence-corrected chi connectivity index (χ0v) is 6.24. The molecule has 5 N–H and O–H groups in total. The van der Waals surface area contributed by atoms with Crippen molar-refractivity contribution in [1.82, 2.24) is 0 Å². The van der Waals surface area contributed by atoms with Crippen LogP contribution in [0.15, 0.2) is 0 Å². The molecule has 12 heavy (non-hydrogen) atoms. The lowest BCUT2D eigenvalue weighted by Crippen LogP contribution is -2.44. The lowest BCUT2D eigenvalue weighted by Gasteiger charge is -2.22. The molecule has 0 rings (SSSR count). The van der Waals surface area contributed by atoms with Gasteiger partial charge in [0.25, 0.3) is 0 Å². The van der Waals surface area contributed by atoms with E-state index in [2.05, 4.69) is 0 Å². The predicted octanol–water partition coefficient (Wildman–Crippen LogP) is -3.03. The maximum absolute atomic E-state index is 9.83. The van der Waals surface area contributed by atoms with Gasteiger partial charge in [-0.3, -0.25) is 0 Å². The Bertz CT molecular complexity index is 136. The molecular formula is C6H12O6. The largest absolute Gasteiger partial charge is 0.390 e. The van der Waals surface area contributed by atoms with Crippen LogP contribution in [0.25, 0.3) is 0 Å². The Morgan fingerprint density at radius 2 is 1.50 bits per heavy atom. The van der Waals surface area contributed by atoms with E-state index >= 15 is 0 Å². The average molecular weight is 180 g/mol. The molecule has 0 bridgehead atoms. The Balaban J connectivity index is 3.98. The molecule has 0 aromatic rings. The van der Waals surface area contributed by atoms with Gasteiger partial charge in [0, 0.05) is 6.42 Å². The summed E-state index contributed by atoms with van der Waals surface area (Å²) < 4.78 is 0. The van der Waals surface area contributed by atoms with Gasteiger partial charge in [0.15, 0.2) is 6.29 Å². The van der Waals surface area contributed by atoms with Crippen molar-refractivity contribution < 1.29 is 30.3 Å². The summed E-state index contributed by atoms with van der Waals surface area (Å²) in [5.74, 6) is 0. The number of hydrogen-bond donors (Lipinski definition) is 5. The lowest BCUT2D eigenvalue weighted by atomic mass is 10.1. The molecule has 0 aromatic heterocycles. The Morgan fingerprint density at radius 1 is 1.00 bits per heavy atom. The maximum atomic E-state index is 9.83. The number of carbonyl (C=O) groups is 1. The smallest absolute Gasteiger partial charge is 0.180 e. The van der Waals surface area contributed by atoms with Crippen LogP contribution in [0.3, 0.4) is 0 Å². The first-order valence-corrected chi connectivity index (χ1v) is 3.34. The van der Waals surface area contributed by atoms with E-state index in [0.717, 1.165) is 0 Å². The molecule has 0 aromatic carbocycles. The van der Waals surface area contributed by atoms with Crippen LogP contribution in [-0.4, -0.2) is 56.4 Å². The summed E-state index contributed by atoms with van der Waals surface area (Å²) in [5.41, 5.74) is 0. The van der Waals surface area contributed by atoms with Gasteiger partial charge in [-0.15, -0.1) is 0 Å². The van der Waals surface area contributed by atoms with E-state index in [1.807, 2.05) is 0 Å². The van der Waals surface area contributed by atoms with E-state index in [-0.39, 0.29) is 6.42 Å². The fraction of sp³-hybridized carbons (Fsp3) is 0.833. The summed E-state index contributed by atoms with van der Waals surface area (Å²) in [6, 6.07) is 0. The second-order valence-corrected chi connectivity index (χ2v) is 2.36. The first-order valence-electron chi connectivity index (χ1n) is 3.34. The number of aliphatic hydroxyl groups is 5. The molecule has 3 unspecified atom stereocenters. The van der Waals surface area contributed by atoms with Gasteiger partial charge in [-0.1, -0.05) is 0 Å². The van der Waals surface area contributed by atoms with Crippen LogP contribution in [-0.2, 0) is 4.79 Å². The lowest BCUT2D eigenvalue weighted by molar-refractivity contribution is -0.177. The number of carbonyl (C=O) groups excluding carboxylic acids is 1. The topological polar surface area (TPSA) is 118 Å². The second-order valence-electron chi connectivity index (χ2n) is 2.36. The molecule has 0 aliphatic carbocycles. The van der Waals surface area contributed by atoms with Gasteiger partial charge in [-0.25, -0.2) is 0 Å². The minimum absolute atomic E-state index is 0.352. The summed E-state index contributed by atoms with van der Waals surface area (Å²) in [7, 11) is 0. The predicted molar refractivity (Wildman–Crippen MR) is 36.9 cm³/mol. The van der Waals surface area contributed by atoms with Gasteiger partial charge in [0.05, 0.1) is 6.10 Å². The fourth-order valence-electron chi connectivity index (χ4n) is 0.642. The number of rotatable bonds is 5. The molecule has 0 aliphatic rings. The molecule has 72 valence electrons. The van der Waals surface area contributed by atoms with Crippen LogP contribution >= 0.6 is 0 Å². The Kier molecular flexibility index (Phi) is 4.95. The molecule has 0 heterocycles. The summed E-state index contributed by atoms with van der Waals surface area (Å²) in [4.78, 5) is 9.83. The van der Waals surface area contributed by atoms with Crippen molar-refractivity contribution in [3.05, 3.63) is 0 Å². The molecule has 0 spiro atoms. The van der Waals surface area contributed by atoms with E-state index < -0.39 is 24.6 Å². The molecule has 6 heteroatoms. The normalized spacial score (nSPS) is 18.8. The third-order valence-electron chi connectivity index (χ3n) is 1.39. The van der Waals surface area contributed by atoms with E-state index in [9.17, 15) is 4.79 Å². The van der Waals surface area contributed by atoms with Gasteiger partial charge in [-0.05, 0) is 0 Å². The third kappa shape index (κ3) is 3.24. The van der Waals surface area contributed by atoms with Gasteiger partial charge >= 0.3 is 0 Å². The molecule has 3 atom stereocenters. The van der Waals surface area contributed by atoms with Crippen molar-refractivity contribution in [2.75, 3.05) is 0 Å². The Hall–Kier alpha value is -0.530. The number of hydrogen-bond acceptors (Lipinski definition) is 6. The first-order chi connectivity index (χ1) is 5.50. The SMILES string of the molecule is O=CCC(O)C(O)C(O)C(O)O. The Labute approximate surface area is 68.7 Å². The molecule has 0 aliphatic heterocycles. The van der Waals surface area contributed by atoms with Crippen molar-refractivity contribution in [2.45, 2.75) is 31.0 Å². The molecule has 0 saturated carbocycles. The highest BCUT2D eigenvalue weighted by atomic mass is 16.5. The van der Waals surface area contributed by atoms with E-state index in [1.54, 1.807) is 0 Å². The Morgan fingerprint density at radius 3 is 1.83 bits per heavy atom. The van der Waals surface area contributed by atoms with Gasteiger partial charge in [0.2, 0.25) is 0 Å². The highest BCUT2D eigenvalue weighted by Gasteiger charge is 2.28. The van der Waals surface area contributed by atoms with Crippen molar-refractivity contribution in [3.8, 4) is 0 Å². The van der Waals surface area contributed by atoms with E-state index in [4.69, 9.17) is 25.5 Å². The van der Waals surface area contributed by atoms with Gasteiger partial charge in [-0.2, -0.15) is 0 Å².